The van der Waals surface area contributed by atoms with Crippen molar-refractivity contribution in [2.24, 2.45) is 0 Å². The van der Waals surface area contributed by atoms with Crippen LogP contribution in [0, 0.1) is 17.1 Å². The summed E-state index contributed by atoms with van der Waals surface area (Å²) in [5.41, 5.74) is 1.53. The van der Waals surface area contributed by atoms with Crippen molar-refractivity contribution < 1.29 is 4.39 Å². The third kappa shape index (κ3) is 3.21. The van der Waals surface area contributed by atoms with Gasteiger partial charge in [0.1, 0.15) is 0 Å². The zero-order valence-electron chi connectivity index (χ0n) is 10.2. The minimum absolute atomic E-state index is 0.129. The first-order valence-electron chi connectivity index (χ1n) is 5.68. The Bertz CT molecular complexity index is 620. The van der Waals surface area contributed by atoms with Gasteiger partial charge in [0.05, 0.1) is 22.7 Å². The molecule has 96 valence electrons. The monoisotopic (exact) mass is 275 g/mol. The summed E-state index contributed by atoms with van der Waals surface area (Å²) in [5, 5.41) is 11.9. The van der Waals surface area contributed by atoms with Gasteiger partial charge >= 0.3 is 0 Å². The second-order valence-electron chi connectivity index (χ2n) is 4.08. The van der Waals surface area contributed by atoms with Crippen LogP contribution in [0.1, 0.15) is 24.1 Å². The van der Waals surface area contributed by atoms with Gasteiger partial charge in [0.2, 0.25) is 0 Å². The van der Waals surface area contributed by atoms with Crippen LogP contribution in [0.4, 0.5) is 10.2 Å². The Balaban J connectivity index is 2.16. The number of rotatable bonds is 3. The van der Waals surface area contributed by atoms with E-state index < -0.39 is 5.82 Å². The van der Waals surface area contributed by atoms with Crippen LogP contribution in [0.3, 0.4) is 0 Å². The molecule has 1 aromatic heterocycles. The standard InChI is InChI=1S/C14H11ClFN3/c1-9(11-4-2-10(7-17)3-5-11)19-14-13(16)6-12(15)8-18-14/h2-6,8-9H,1H3,(H,18,19). The minimum atomic E-state index is -0.493. The number of aromatic nitrogens is 1. The van der Waals surface area contributed by atoms with Crippen LogP contribution in [0.25, 0.3) is 0 Å². The molecule has 19 heavy (non-hydrogen) atoms. The molecule has 1 unspecified atom stereocenters. The van der Waals surface area contributed by atoms with Gasteiger partial charge in [-0.15, -0.1) is 0 Å². The largest absolute Gasteiger partial charge is 0.361 e. The molecule has 2 aromatic rings. The van der Waals surface area contributed by atoms with Crippen molar-refractivity contribution in [2.45, 2.75) is 13.0 Å². The molecule has 2 rings (SSSR count). The molecule has 0 saturated heterocycles. The van der Waals surface area contributed by atoms with E-state index in [1.807, 2.05) is 19.1 Å². The first-order chi connectivity index (χ1) is 9.10. The molecule has 1 atom stereocenters. The Morgan fingerprint density at radius 2 is 2.05 bits per heavy atom. The number of nitriles is 1. The van der Waals surface area contributed by atoms with Crippen molar-refractivity contribution in [2.75, 3.05) is 5.32 Å². The van der Waals surface area contributed by atoms with Crippen LogP contribution in [-0.4, -0.2) is 4.98 Å². The molecule has 0 bridgehead atoms. The van der Waals surface area contributed by atoms with E-state index in [9.17, 15) is 4.39 Å². The van der Waals surface area contributed by atoms with Gasteiger partial charge in [-0.1, -0.05) is 23.7 Å². The zero-order valence-corrected chi connectivity index (χ0v) is 10.9. The topological polar surface area (TPSA) is 48.7 Å². The van der Waals surface area contributed by atoms with Crippen LogP contribution in [0.5, 0.6) is 0 Å². The Kier molecular flexibility index (Phi) is 3.98. The summed E-state index contributed by atoms with van der Waals surface area (Å²) in [6, 6.07) is 10.2. The van der Waals surface area contributed by atoms with E-state index >= 15 is 0 Å². The van der Waals surface area contributed by atoms with Crippen molar-refractivity contribution in [1.29, 1.82) is 5.26 Å². The van der Waals surface area contributed by atoms with Gasteiger partial charge in [-0.3, -0.25) is 0 Å². The van der Waals surface area contributed by atoms with Crippen molar-refractivity contribution in [3.05, 3.63) is 58.5 Å². The third-order valence-electron chi connectivity index (χ3n) is 2.70. The van der Waals surface area contributed by atoms with Gasteiger partial charge in [0.15, 0.2) is 11.6 Å². The molecule has 0 aliphatic heterocycles. The molecule has 3 nitrogen and oxygen atoms in total. The summed E-state index contributed by atoms with van der Waals surface area (Å²) in [6.45, 7) is 1.89. The van der Waals surface area contributed by atoms with Crippen LogP contribution >= 0.6 is 11.6 Å². The summed E-state index contributed by atoms with van der Waals surface area (Å²) >= 11 is 5.64. The predicted molar refractivity (Wildman–Crippen MR) is 72.4 cm³/mol. The van der Waals surface area contributed by atoms with Gasteiger partial charge < -0.3 is 5.32 Å². The second kappa shape index (κ2) is 5.68. The molecule has 5 heteroatoms. The fourth-order valence-corrected chi connectivity index (χ4v) is 1.80. The average Bonchev–Trinajstić information content (AvgIpc) is 2.42. The highest BCUT2D eigenvalue weighted by Gasteiger charge is 2.10. The molecule has 1 heterocycles. The maximum absolute atomic E-state index is 13.6. The summed E-state index contributed by atoms with van der Waals surface area (Å²) in [5.74, 6) is -0.339. The van der Waals surface area contributed by atoms with E-state index in [0.717, 1.165) is 5.56 Å². The minimum Gasteiger partial charge on any atom is -0.361 e. The maximum Gasteiger partial charge on any atom is 0.166 e. The Morgan fingerprint density at radius 3 is 2.63 bits per heavy atom. The van der Waals surface area contributed by atoms with Gasteiger partial charge in [-0.05, 0) is 30.7 Å². The average molecular weight is 276 g/mol. The number of nitrogens with one attached hydrogen (secondary N) is 1. The molecular weight excluding hydrogens is 265 g/mol. The molecule has 0 spiro atoms. The number of hydrogen-bond donors (Lipinski definition) is 1. The molecule has 1 aromatic carbocycles. The number of benzene rings is 1. The molecular formula is C14H11ClFN3. The molecule has 0 fully saturated rings. The fourth-order valence-electron chi connectivity index (χ4n) is 1.66. The quantitative estimate of drug-likeness (QED) is 0.924. The highest BCUT2D eigenvalue weighted by molar-refractivity contribution is 6.30. The van der Waals surface area contributed by atoms with Crippen molar-refractivity contribution >= 4 is 17.4 Å². The second-order valence-corrected chi connectivity index (χ2v) is 4.52. The van der Waals surface area contributed by atoms with E-state index in [2.05, 4.69) is 16.4 Å². The Hall–Kier alpha value is -2.12. The molecule has 0 saturated carbocycles. The summed E-state index contributed by atoms with van der Waals surface area (Å²) < 4.78 is 13.6. The Morgan fingerprint density at radius 1 is 1.37 bits per heavy atom. The molecule has 0 aliphatic carbocycles. The lowest BCUT2D eigenvalue weighted by Crippen LogP contribution is -2.09. The smallest absolute Gasteiger partial charge is 0.166 e. The number of anilines is 1. The van der Waals surface area contributed by atoms with Gasteiger partial charge in [-0.25, -0.2) is 9.37 Å². The highest BCUT2D eigenvalue weighted by Crippen LogP contribution is 2.21. The first-order valence-corrected chi connectivity index (χ1v) is 6.05. The van der Waals surface area contributed by atoms with Gasteiger partial charge in [0, 0.05) is 6.20 Å². The first kappa shape index (κ1) is 13.3. The number of nitrogens with zero attached hydrogens (tertiary/aromatic N) is 2. The van der Waals surface area contributed by atoms with Crippen LogP contribution in [0.2, 0.25) is 5.02 Å². The molecule has 0 amide bonds. The van der Waals surface area contributed by atoms with E-state index in [1.165, 1.54) is 12.3 Å². The lowest BCUT2D eigenvalue weighted by Gasteiger charge is -2.15. The highest BCUT2D eigenvalue weighted by atomic mass is 35.5. The number of hydrogen-bond acceptors (Lipinski definition) is 3. The number of halogens is 2. The predicted octanol–water partition coefficient (Wildman–Crippen LogP) is 3.92. The zero-order chi connectivity index (χ0) is 13.8. The lowest BCUT2D eigenvalue weighted by molar-refractivity contribution is 0.621. The van der Waals surface area contributed by atoms with Gasteiger partial charge in [-0.2, -0.15) is 5.26 Å². The van der Waals surface area contributed by atoms with E-state index in [4.69, 9.17) is 16.9 Å². The van der Waals surface area contributed by atoms with Crippen LogP contribution in [0.15, 0.2) is 36.5 Å². The third-order valence-corrected chi connectivity index (χ3v) is 2.91. The fraction of sp³-hybridized carbons (Fsp3) is 0.143. The van der Waals surface area contributed by atoms with Crippen molar-refractivity contribution in [3.8, 4) is 6.07 Å². The van der Waals surface area contributed by atoms with Crippen molar-refractivity contribution in [3.63, 3.8) is 0 Å². The van der Waals surface area contributed by atoms with Gasteiger partial charge in [0.25, 0.3) is 0 Å². The maximum atomic E-state index is 13.6. The van der Waals surface area contributed by atoms with Crippen LogP contribution < -0.4 is 5.32 Å². The van der Waals surface area contributed by atoms with E-state index in [0.29, 0.717) is 5.56 Å². The normalized spacial score (nSPS) is 11.7. The molecule has 0 aliphatic rings. The number of pyridine rings is 1. The van der Waals surface area contributed by atoms with Crippen LogP contribution in [-0.2, 0) is 0 Å². The molecule has 0 radical (unpaired) electrons. The summed E-state index contributed by atoms with van der Waals surface area (Å²) in [7, 11) is 0. The molecule has 1 N–H and O–H groups in total. The Labute approximate surface area is 115 Å². The SMILES string of the molecule is CC(Nc1ncc(Cl)cc1F)c1ccc(C#N)cc1. The van der Waals surface area contributed by atoms with Crippen molar-refractivity contribution in [1.82, 2.24) is 4.98 Å². The van der Waals surface area contributed by atoms with E-state index in [1.54, 1.807) is 12.1 Å². The summed E-state index contributed by atoms with van der Waals surface area (Å²) in [6.07, 6.45) is 1.39. The van der Waals surface area contributed by atoms with E-state index in [-0.39, 0.29) is 16.9 Å². The lowest BCUT2D eigenvalue weighted by atomic mass is 10.1. The summed E-state index contributed by atoms with van der Waals surface area (Å²) in [4.78, 5) is 3.91.